The van der Waals surface area contributed by atoms with Crippen LogP contribution in [-0.2, 0) is 6.42 Å². The van der Waals surface area contributed by atoms with Crippen LogP contribution in [0.2, 0.25) is 0 Å². The molecule has 0 atom stereocenters. The summed E-state index contributed by atoms with van der Waals surface area (Å²) >= 11 is 0. The van der Waals surface area contributed by atoms with Crippen LogP contribution >= 0.6 is 0 Å². The van der Waals surface area contributed by atoms with E-state index >= 15 is 0 Å². The lowest BCUT2D eigenvalue weighted by molar-refractivity contribution is -0.0512. The van der Waals surface area contributed by atoms with E-state index in [9.17, 15) is 13.6 Å². The van der Waals surface area contributed by atoms with E-state index < -0.39 is 6.61 Å². The number of para-hydroxylation sites is 1. The molecule has 0 aliphatic carbocycles. The van der Waals surface area contributed by atoms with Gasteiger partial charge in [-0.05, 0) is 43.2 Å². The zero-order chi connectivity index (χ0) is 20.8. The van der Waals surface area contributed by atoms with Gasteiger partial charge in [-0.2, -0.15) is 13.9 Å². The van der Waals surface area contributed by atoms with Gasteiger partial charge in [-0.1, -0.05) is 24.3 Å². The van der Waals surface area contributed by atoms with E-state index in [2.05, 4.69) is 15.2 Å². The molecule has 0 aliphatic rings. The van der Waals surface area contributed by atoms with Crippen LogP contribution in [0.4, 0.5) is 8.78 Å². The Bertz CT molecular complexity index is 975. The summed E-state index contributed by atoms with van der Waals surface area (Å²) in [6, 6.07) is 14.3. The Morgan fingerprint density at radius 3 is 2.62 bits per heavy atom. The number of ether oxygens (including phenoxy) is 2. The summed E-state index contributed by atoms with van der Waals surface area (Å²) in [4.78, 5) is 12.5. The molecule has 0 radical (unpaired) electrons. The summed E-state index contributed by atoms with van der Waals surface area (Å²) in [7, 11) is 1.38. The van der Waals surface area contributed by atoms with Gasteiger partial charge in [0.25, 0.3) is 5.91 Å². The van der Waals surface area contributed by atoms with Crippen molar-refractivity contribution >= 4 is 5.91 Å². The number of nitrogens with one attached hydrogen (secondary N) is 1. The van der Waals surface area contributed by atoms with Crippen LogP contribution in [-0.4, -0.2) is 36.0 Å². The molecule has 8 heteroatoms. The highest BCUT2D eigenvalue weighted by Crippen LogP contribution is 2.29. The Morgan fingerprint density at radius 1 is 1.17 bits per heavy atom. The Balaban J connectivity index is 1.63. The van der Waals surface area contributed by atoms with Gasteiger partial charge in [0.1, 0.15) is 0 Å². The van der Waals surface area contributed by atoms with Crippen LogP contribution in [0, 0.1) is 6.92 Å². The maximum atomic E-state index is 12.5. The lowest BCUT2D eigenvalue weighted by atomic mass is 10.1. The number of nitrogens with zero attached hydrogens (tertiary/aromatic N) is 2. The molecular weight excluding hydrogens is 380 g/mol. The molecule has 0 fully saturated rings. The lowest BCUT2D eigenvalue weighted by Gasteiger charge is -2.12. The quantitative estimate of drug-likeness (QED) is 0.624. The summed E-state index contributed by atoms with van der Waals surface area (Å²) in [6.45, 7) is -0.787. The van der Waals surface area contributed by atoms with Crippen molar-refractivity contribution in [3.63, 3.8) is 0 Å². The first kappa shape index (κ1) is 20.3. The van der Waals surface area contributed by atoms with Gasteiger partial charge in [-0.3, -0.25) is 4.79 Å². The third kappa shape index (κ3) is 4.90. The average Bonchev–Trinajstić information content (AvgIpc) is 3.10. The van der Waals surface area contributed by atoms with Gasteiger partial charge in [0.15, 0.2) is 11.5 Å². The first-order chi connectivity index (χ1) is 14.0. The van der Waals surface area contributed by atoms with E-state index in [1.54, 1.807) is 16.8 Å². The number of carbonyl (C=O) groups excluding carboxylic acids is 1. The van der Waals surface area contributed by atoms with Gasteiger partial charge >= 0.3 is 6.61 Å². The molecule has 0 bridgehead atoms. The minimum Gasteiger partial charge on any atom is -0.493 e. The van der Waals surface area contributed by atoms with E-state index in [1.165, 1.54) is 19.4 Å². The highest BCUT2D eigenvalue weighted by Gasteiger charge is 2.15. The summed E-state index contributed by atoms with van der Waals surface area (Å²) < 4.78 is 36.3. The van der Waals surface area contributed by atoms with Crippen LogP contribution in [0.3, 0.4) is 0 Å². The Kier molecular flexibility index (Phi) is 6.43. The van der Waals surface area contributed by atoms with Gasteiger partial charge in [0.2, 0.25) is 0 Å². The van der Waals surface area contributed by atoms with E-state index in [0.29, 0.717) is 18.5 Å². The fourth-order valence-electron chi connectivity index (χ4n) is 2.94. The van der Waals surface area contributed by atoms with Crippen molar-refractivity contribution in [1.82, 2.24) is 15.1 Å². The fraction of sp³-hybridized carbons (Fsp3) is 0.238. The molecular formula is C21H21F2N3O3. The van der Waals surface area contributed by atoms with Crippen molar-refractivity contribution in [2.75, 3.05) is 13.7 Å². The normalized spacial score (nSPS) is 10.8. The smallest absolute Gasteiger partial charge is 0.387 e. The van der Waals surface area contributed by atoms with E-state index in [1.807, 2.05) is 37.3 Å². The maximum Gasteiger partial charge on any atom is 0.387 e. The molecule has 1 N–H and O–H groups in total. The van der Waals surface area contributed by atoms with E-state index in [0.717, 1.165) is 16.9 Å². The lowest BCUT2D eigenvalue weighted by Crippen LogP contribution is -2.26. The summed E-state index contributed by atoms with van der Waals surface area (Å²) in [5.41, 5.74) is 2.81. The van der Waals surface area contributed by atoms with Crippen molar-refractivity contribution in [2.24, 2.45) is 0 Å². The summed E-state index contributed by atoms with van der Waals surface area (Å²) in [5.74, 6) is -0.0596. The zero-order valence-corrected chi connectivity index (χ0v) is 16.1. The van der Waals surface area contributed by atoms with Crippen molar-refractivity contribution in [1.29, 1.82) is 0 Å². The van der Waals surface area contributed by atoms with Gasteiger partial charge < -0.3 is 14.8 Å². The van der Waals surface area contributed by atoms with Crippen LogP contribution in [0.25, 0.3) is 5.69 Å². The van der Waals surface area contributed by atoms with Crippen molar-refractivity contribution in [3.8, 4) is 17.2 Å². The number of rotatable bonds is 8. The predicted molar refractivity (Wildman–Crippen MR) is 104 cm³/mol. The Morgan fingerprint density at radius 2 is 1.93 bits per heavy atom. The molecule has 6 nitrogen and oxygen atoms in total. The van der Waals surface area contributed by atoms with E-state index in [-0.39, 0.29) is 17.4 Å². The van der Waals surface area contributed by atoms with Gasteiger partial charge in [-0.25, -0.2) is 4.68 Å². The first-order valence-electron chi connectivity index (χ1n) is 8.99. The number of halogens is 2. The second-order valence-corrected chi connectivity index (χ2v) is 6.26. The third-order valence-corrected chi connectivity index (χ3v) is 4.40. The van der Waals surface area contributed by atoms with Crippen molar-refractivity contribution in [2.45, 2.75) is 20.0 Å². The fourth-order valence-corrected chi connectivity index (χ4v) is 2.94. The van der Waals surface area contributed by atoms with Crippen LogP contribution in [0.5, 0.6) is 11.5 Å². The summed E-state index contributed by atoms with van der Waals surface area (Å²) in [5, 5.41) is 7.12. The van der Waals surface area contributed by atoms with Gasteiger partial charge in [-0.15, -0.1) is 0 Å². The topological polar surface area (TPSA) is 65.4 Å². The molecule has 0 unspecified atom stereocenters. The number of alkyl halides is 2. The second-order valence-electron chi connectivity index (χ2n) is 6.26. The molecule has 152 valence electrons. The molecule has 3 rings (SSSR count). The Labute approximate surface area is 167 Å². The Hall–Kier alpha value is -3.42. The second kappa shape index (κ2) is 9.18. The number of hydrogen-bond acceptors (Lipinski definition) is 4. The van der Waals surface area contributed by atoms with Crippen LogP contribution in [0.1, 0.15) is 21.6 Å². The van der Waals surface area contributed by atoms with Crippen LogP contribution < -0.4 is 14.8 Å². The number of amides is 1. The monoisotopic (exact) mass is 401 g/mol. The molecule has 1 heterocycles. The largest absolute Gasteiger partial charge is 0.493 e. The van der Waals surface area contributed by atoms with Crippen molar-refractivity contribution in [3.05, 3.63) is 71.5 Å². The predicted octanol–water partition coefficient (Wildman–Crippen LogP) is 3.76. The van der Waals surface area contributed by atoms with Gasteiger partial charge in [0, 0.05) is 6.54 Å². The molecule has 0 aliphatic heterocycles. The van der Waals surface area contributed by atoms with E-state index in [4.69, 9.17) is 4.74 Å². The summed E-state index contributed by atoms with van der Waals surface area (Å²) in [6.07, 6.45) is 1.97. The van der Waals surface area contributed by atoms with Crippen molar-refractivity contribution < 1.29 is 23.0 Å². The zero-order valence-electron chi connectivity index (χ0n) is 16.1. The number of hydrogen-bond donors (Lipinski definition) is 1. The molecule has 2 aromatic carbocycles. The van der Waals surface area contributed by atoms with Crippen LogP contribution in [0.15, 0.2) is 54.7 Å². The maximum absolute atomic E-state index is 12.5. The molecule has 3 aromatic rings. The van der Waals surface area contributed by atoms with Gasteiger partial charge in [0.05, 0.1) is 30.3 Å². The number of methoxy groups -OCH3 is 1. The SMILES string of the molecule is COc1ccc(CCNC(=O)c2cnn(-c3ccccc3)c2C)cc1OC(F)F. The third-order valence-electron chi connectivity index (χ3n) is 4.40. The average molecular weight is 401 g/mol. The standard InChI is InChI=1S/C21H21F2N3O3/c1-14-17(13-25-26(14)16-6-4-3-5-7-16)20(27)24-11-10-15-8-9-18(28-2)19(12-15)29-21(22)23/h3-9,12-13,21H,10-11H2,1-2H3,(H,24,27). The molecule has 0 spiro atoms. The highest BCUT2D eigenvalue weighted by molar-refractivity contribution is 5.95. The molecule has 29 heavy (non-hydrogen) atoms. The number of benzene rings is 2. The molecule has 0 saturated carbocycles. The highest BCUT2D eigenvalue weighted by atomic mass is 19.3. The minimum atomic E-state index is -2.94. The molecule has 1 amide bonds. The number of aromatic nitrogens is 2. The minimum absolute atomic E-state index is 0.0358. The first-order valence-corrected chi connectivity index (χ1v) is 8.99. The molecule has 0 saturated heterocycles. The molecule has 1 aromatic heterocycles. The number of carbonyl (C=O) groups is 1.